The second-order valence-electron chi connectivity index (χ2n) is 12.3. The van der Waals surface area contributed by atoms with Crippen LogP contribution in [0.1, 0.15) is 63.2 Å². The van der Waals surface area contributed by atoms with Crippen LogP contribution in [-0.4, -0.2) is 79.1 Å². The first-order chi connectivity index (χ1) is 20.7. The van der Waals surface area contributed by atoms with E-state index < -0.39 is 12.1 Å². The first kappa shape index (κ1) is 28.6. The minimum atomic E-state index is -0.521. The van der Waals surface area contributed by atoms with Crippen LogP contribution < -0.4 is 14.2 Å². The summed E-state index contributed by atoms with van der Waals surface area (Å²) in [5.41, 5.74) is 6.62. The van der Waals surface area contributed by atoms with Crippen molar-refractivity contribution in [3.8, 4) is 29.1 Å². The van der Waals surface area contributed by atoms with E-state index in [1.807, 2.05) is 13.8 Å². The normalized spacial score (nSPS) is 31.0. The molecule has 4 bridgehead atoms. The van der Waals surface area contributed by atoms with Gasteiger partial charge in [-0.15, -0.1) is 0 Å². The molecule has 7 atom stereocenters. The topological polar surface area (TPSA) is 114 Å². The molecule has 43 heavy (non-hydrogen) atoms. The number of methoxy groups -OCH3 is 1. The molecule has 0 spiro atoms. The molecule has 7 rings (SSSR count). The number of hydrogen-bond acceptors (Lipinski definition) is 11. The van der Waals surface area contributed by atoms with Gasteiger partial charge in [-0.3, -0.25) is 14.6 Å². The predicted octanol–water partition coefficient (Wildman–Crippen LogP) is 4.22. The Morgan fingerprint density at radius 3 is 2.65 bits per heavy atom. The van der Waals surface area contributed by atoms with E-state index in [1.165, 1.54) is 5.56 Å². The second kappa shape index (κ2) is 10.5. The molecule has 5 aliphatic heterocycles. The highest BCUT2D eigenvalue weighted by Crippen LogP contribution is 2.63. The molecule has 228 valence electrons. The van der Waals surface area contributed by atoms with Crippen LogP contribution in [0.2, 0.25) is 0 Å². The molecule has 0 aromatic heterocycles. The van der Waals surface area contributed by atoms with Gasteiger partial charge in [0.05, 0.1) is 29.3 Å². The second-order valence-corrected chi connectivity index (χ2v) is 13.5. The van der Waals surface area contributed by atoms with Gasteiger partial charge in [-0.1, -0.05) is 13.0 Å². The number of aromatic hydroxyl groups is 1. The number of ether oxygens (including phenoxy) is 5. The zero-order valence-electron chi connectivity index (χ0n) is 25.3. The van der Waals surface area contributed by atoms with Crippen LogP contribution in [0.15, 0.2) is 6.07 Å². The van der Waals surface area contributed by atoms with Crippen molar-refractivity contribution in [2.24, 2.45) is 5.92 Å². The van der Waals surface area contributed by atoms with Gasteiger partial charge in [0.15, 0.2) is 18.3 Å². The molecule has 0 aliphatic carbocycles. The van der Waals surface area contributed by atoms with Crippen LogP contribution in [0.5, 0.6) is 23.0 Å². The summed E-state index contributed by atoms with van der Waals surface area (Å²) in [6.45, 7) is 8.09. The third-order valence-electron chi connectivity index (χ3n) is 10.1. The number of nitrogens with zero attached hydrogens (tertiary/aromatic N) is 3. The van der Waals surface area contributed by atoms with Gasteiger partial charge in [0.1, 0.15) is 24.1 Å². The largest absolute Gasteiger partial charge is 0.507 e. The lowest BCUT2D eigenvalue weighted by Gasteiger charge is -2.61. The Balaban J connectivity index is 1.53. The summed E-state index contributed by atoms with van der Waals surface area (Å²) in [7, 11) is 3.71. The van der Waals surface area contributed by atoms with E-state index in [-0.39, 0.29) is 61.2 Å². The van der Waals surface area contributed by atoms with Gasteiger partial charge in [0.2, 0.25) is 6.79 Å². The van der Waals surface area contributed by atoms with Gasteiger partial charge in [-0.05, 0) is 50.9 Å². The Bertz CT molecular complexity index is 1560. The number of hydrogen-bond donors (Lipinski definition) is 1. The number of fused-ring (bicyclic) bond motifs is 9. The van der Waals surface area contributed by atoms with Crippen molar-refractivity contribution in [1.82, 2.24) is 9.80 Å². The zero-order valence-corrected chi connectivity index (χ0v) is 26.1. The number of carbonyl (C=O) groups excluding carboxylic acids is 1. The molecule has 11 heteroatoms. The molecule has 1 unspecified atom stereocenters. The number of phenolic OH excluding ortho intramolecular Hbond substituents is 1. The van der Waals surface area contributed by atoms with Crippen molar-refractivity contribution in [3.63, 3.8) is 0 Å². The minimum Gasteiger partial charge on any atom is -0.507 e. The van der Waals surface area contributed by atoms with Gasteiger partial charge in [-0.25, -0.2) is 0 Å². The van der Waals surface area contributed by atoms with E-state index in [0.717, 1.165) is 33.6 Å². The Morgan fingerprint density at radius 1 is 1.14 bits per heavy atom. The number of nitriles is 1. The van der Waals surface area contributed by atoms with Crippen molar-refractivity contribution in [2.45, 2.75) is 69.6 Å². The lowest BCUT2D eigenvalue weighted by molar-refractivity contribution is -0.153. The SMILES string of the molecule is COCOc1c(C)c(C)cc2c1[C@@H]1C3[C@@H]4SC[C@@H](C)C(=O)OC[C@H](c5c6c(c(C)c(O)c54)OCO6)N3[C@@H](C#N)[C@@H](C2)N1C. The van der Waals surface area contributed by atoms with Crippen LogP contribution in [0.4, 0.5) is 0 Å². The summed E-state index contributed by atoms with van der Waals surface area (Å²) in [6, 6.07) is 3.32. The quantitative estimate of drug-likeness (QED) is 0.400. The maximum atomic E-state index is 13.1. The van der Waals surface area contributed by atoms with Crippen molar-refractivity contribution in [3.05, 3.63) is 45.0 Å². The number of thioether (sulfide) groups is 1. The van der Waals surface area contributed by atoms with Crippen molar-refractivity contribution >= 4 is 17.7 Å². The molecule has 2 saturated heterocycles. The Hall–Kier alpha value is -3.17. The van der Waals surface area contributed by atoms with E-state index in [2.05, 4.69) is 42.8 Å². The van der Waals surface area contributed by atoms with E-state index in [0.29, 0.717) is 29.2 Å². The average Bonchev–Trinajstić information content (AvgIpc) is 3.48. The first-order valence-corrected chi connectivity index (χ1v) is 15.8. The van der Waals surface area contributed by atoms with E-state index in [4.69, 9.17) is 23.7 Å². The van der Waals surface area contributed by atoms with Gasteiger partial charge < -0.3 is 28.8 Å². The number of likely N-dealkylation sites (N-methyl/N-ethyl adjacent to an activating group) is 1. The van der Waals surface area contributed by atoms with Crippen LogP contribution in [0, 0.1) is 38.0 Å². The van der Waals surface area contributed by atoms with Crippen molar-refractivity contribution in [1.29, 1.82) is 5.26 Å². The highest BCUT2D eigenvalue weighted by molar-refractivity contribution is 7.99. The standard InChI is InChI=1S/C32H37N3O7S/c1-14-7-18-8-19-20(9-33)35-21-10-39-32(37)15(2)11-43-31(24-23(21)30-29(41-13-42-30)17(4)27(24)36)26(35)25(34(19)5)22(18)28(16(14)3)40-12-38-6/h7,15,19-21,25-26,31,36H,8,10-13H2,1-6H3/t15-,19-,20+,21-,25-,26?,31-/m1/s1. The molecule has 0 amide bonds. The lowest BCUT2D eigenvalue weighted by atomic mass is 9.71. The number of rotatable bonds is 3. The average molecular weight is 608 g/mol. The molecular weight excluding hydrogens is 570 g/mol. The molecule has 5 aliphatic rings. The number of esters is 1. The Kier molecular flexibility index (Phi) is 6.97. The number of aryl methyl sites for hydroxylation is 1. The van der Waals surface area contributed by atoms with Gasteiger partial charge in [-0.2, -0.15) is 17.0 Å². The number of cyclic esters (lactones) is 1. The lowest BCUT2D eigenvalue weighted by Crippen LogP contribution is -2.69. The fraction of sp³-hybridized carbons (Fsp3) is 0.562. The van der Waals surface area contributed by atoms with Crippen LogP contribution in [0.25, 0.3) is 0 Å². The zero-order chi connectivity index (χ0) is 30.3. The van der Waals surface area contributed by atoms with Crippen molar-refractivity contribution in [2.75, 3.05) is 40.1 Å². The fourth-order valence-electron chi connectivity index (χ4n) is 7.95. The highest BCUT2D eigenvalue weighted by Gasteiger charge is 2.60. The maximum Gasteiger partial charge on any atom is 0.309 e. The Labute approximate surface area is 255 Å². The van der Waals surface area contributed by atoms with Crippen molar-refractivity contribution < 1.29 is 33.6 Å². The third kappa shape index (κ3) is 3.99. The Morgan fingerprint density at radius 2 is 1.91 bits per heavy atom. The fourth-order valence-corrected chi connectivity index (χ4v) is 9.47. The number of carbonyl (C=O) groups is 1. The molecular formula is C32H37N3O7S. The number of piperazine rings is 1. The summed E-state index contributed by atoms with van der Waals surface area (Å²) in [6.07, 6.45) is 0.666. The minimum absolute atomic E-state index is 0.0382. The molecule has 0 saturated carbocycles. The molecule has 10 nitrogen and oxygen atoms in total. The molecule has 1 N–H and O–H groups in total. The van der Waals surface area contributed by atoms with E-state index >= 15 is 0 Å². The summed E-state index contributed by atoms with van der Waals surface area (Å²) in [4.78, 5) is 17.6. The monoisotopic (exact) mass is 607 g/mol. The van der Waals surface area contributed by atoms with Gasteiger partial charge in [0, 0.05) is 47.2 Å². The first-order valence-electron chi connectivity index (χ1n) is 14.8. The third-order valence-corrected chi connectivity index (χ3v) is 11.7. The molecule has 2 fully saturated rings. The van der Waals surface area contributed by atoms with E-state index in [1.54, 1.807) is 18.9 Å². The molecule has 2 aromatic rings. The van der Waals surface area contributed by atoms with Crippen LogP contribution in [0.3, 0.4) is 0 Å². The summed E-state index contributed by atoms with van der Waals surface area (Å²) >= 11 is 1.63. The summed E-state index contributed by atoms with van der Waals surface area (Å²) in [5.74, 6) is 1.96. The molecule has 5 heterocycles. The van der Waals surface area contributed by atoms with E-state index in [9.17, 15) is 15.2 Å². The van der Waals surface area contributed by atoms with Gasteiger partial charge >= 0.3 is 5.97 Å². The summed E-state index contributed by atoms with van der Waals surface area (Å²) in [5, 5.41) is 22.4. The van der Waals surface area contributed by atoms with Crippen LogP contribution >= 0.6 is 11.8 Å². The summed E-state index contributed by atoms with van der Waals surface area (Å²) < 4.78 is 29.6. The maximum absolute atomic E-state index is 13.1. The van der Waals surface area contributed by atoms with Gasteiger partial charge in [0.25, 0.3) is 0 Å². The number of phenols is 1. The van der Waals surface area contributed by atoms with Crippen LogP contribution in [-0.2, 0) is 20.7 Å². The number of benzene rings is 2. The highest BCUT2D eigenvalue weighted by atomic mass is 32.2. The smallest absolute Gasteiger partial charge is 0.309 e. The molecule has 2 aromatic carbocycles. The molecule has 0 radical (unpaired) electrons. The predicted molar refractivity (Wildman–Crippen MR) is 158 cm³/mol.